The minimum atomic E-state index is -0.661. The van der Waals surface area contributed by atoms with Crippen LogP contribution in [0.5, 0.6) is 11.8 Å². The maximum Gasteiger partial charge on any atom is 0.319 e. The zero-order chi connectivity index (χ0) is 29.6. The van der Waals surface area contributed by atoms with Gasteiger partial charge in [0.25, 0.3) is 0 Å². The van der Waals surface area contributed by atoms with Crippen LogP contribution in [-0.4, -0.2) is 65.6 Å². The van der Waals surface area contributed by atoms with E-state index in [0.717, 1.165) is 45.1 Å². The lowest BCUT2D eigenvalue weighted by atomic mass is 9.76. The number of aromatic hydroxyl groups is 1. The van der Waals surface area contributed by atoms with Crippen LogP contribution in [-0.2, 0) is 11.2 Å². The Hall–Kier alpha value is -3.63. The highest BCUT2D eigenvalue weighted by molar-refractivity contribution is 6.01. The molecule has 0 amide bonds. The van der Waals surface area contributed by atoms with Crippen molar-refractivity contribution >= 4 is 27.5 Å². The number of halogens is 2. The van der Waals surface area contributed by atoms with Gasteiger partial charge in [-0.05, 0) is 79.6 Å². The van der Waals surface area contributed by atoms with E-state index in [4.69, 9.17) is 14.5 Å². The van der Waals surface area contributed by atoms with Crippen molar-refractivity contribution in [1.29, 1.82) is 0 Å². The number of aryl methyl sites for hydroxylation is 1. The summed E-state index contributed by atoms with van der Waals surface area (Å²) in [5.41, 5.74) is 0.864. The van der Waals surface area contributed by atoms with Crippen LogP contribution in [0, 0.1) is 17.0 Å². The van der Waals surface area contributed by atoms with Gasteiger partial charge in [0.15, 0.2) is 5.82 Å². The summed E-state index contributed by atoms with van der Waals surface area (Å²) in [6.45, 7) is 5.82. The minimum Gasteiger partial charge on any atom is -0.508 e. The molecule has 1 aliphatic carbocycles. The van der Waals surface area contributed by atoms with Crippen LogP contribution in [0.2, 0.25) is 0 Å². The number of benzene rings is 2. The molecular formula is C33H37F2N5O3. The van der Waals surface area contributed by atoms with E-state index in [1.807, 2.05) is 6.92 Å². The van der Waals surface area contributed by atoms with Crippen molar-refractivity contribution in [2.24, 2.45) is 5.41 Å². The molecule has 3 aliphatic rings. The predicted octanol–water partition coefficient (Wildman–Crippen LogP) is 5.92. The average Bonchev–Trinajstić information content (AvgIpc) is 3.26. The van der Waals surface area contributed by atoms with E-state index in [2.05, 4.69) is 20.2 Å². The molecule has 2 saturated heterocycles. The number of phenols is 1. The first kappa shape index (κ1) is 28.2. The number of piperidine rings is 1. The Bertz CT molecular complexity index is 1680. The largest absolute Gasteiger partial charge is 0.508 e. The first-order valence-electron chi connectivity index (χ1n) is 15.5. The molecular weight excluding hydrogens is 552 g/mol. The SMILES string of the molecule is CCc1c(F)ccc2cc(O)cc(-c3ncc4c(N5CCCOCC5)nc(OC[C@@]56CCCN[C@@H]5CCC6)nc4c3F)c12. The molecule has 0 unspecified atom stereocenters. The van der Waals surface area contributed by atoms with Crippen molar-refractivity contribution in [2.45, 2.75) is 57.9 Å². The molecule has 1 saturated carbocycles. The van der Waals surface area contributed by atoms with Gasteiger partial charge in [-0.25, -0.2) is 8.78 Å². The molecule has 2 N–H and O–H groups in total. The normalized spacial score (nSPS) is 22.6. The third-order valence-electron chi connectivity index (χ3n) is 9.56. The van der Waals surface area contributed by atoms with E-state index in [1.54, 1.807) is 18.3 Å². The summed E-state index contributed by atoms with van der Waals surface area (Å²) in [7, 11) is 0. The number of aromatic nitrogens is 3. The Kier molecular flexibility index (Phi) is 7.51. The fraction of sp³-hybridized carbons (Fsp3) is 0.485. The molecule has 226 valence electrons. The van der Waals surface area contributed by atoms with E-state index in [1.165, 1.54) is 12.1 Å². The fourth-order valence-corrected chi connectivity index (χ4v) is 7.43. The van der Waals surface area contributed by atoms with Gasteiger partial charge in [0.1, 0.15) is 28.6 Å². The molecule has 10 heteroatoms. The molecule has 3 fully saturated rings. The standard InChI is InChI=1S/C33H37F2N5O3/c1-2-22-25(34)8-7-20-16-21(41)17-23(27(20)22)29-28(35)30-24(18-37-29)31(40-12-5-14-42-15-13-40)39-32(38-30)43-19-33-9-3-6-26(33)36-11-4-10-33/h7-8,16-18,26,36,41H,2-6,9-15,19H2,1H3/t26-,33-/m1/s1. The van der Waals surface area contributed by atoms with E-state index in [9.17, 15) is 9.50 Å². The van der Waals surface area contributed by atoms with Crippen LogP contribution < -0.4 is 15.0 Å². The van der Waals surface area contributed by atoms with Crippen molar-refractivity contribution in [3.63, 3.8) is 0 Å². The molecule has 0 spiro atoms. The second kappa shape index (κ2) is 11.5. The number of nitrogens with zero attached hydrogens (tertiary/aromatic N) is 4. The number of rotatable bonds is 6. The van der Waals surface area contributed by atoms with Gasteiger partial charge in [-0.2, -0.15) is 9.97 Å². The average molecular weight is 590 g/mol. The van der Waals surface area contributed by atoms with Crippen LogP contribution in [0.15, 0.2) is 30.5 Å². The number of pyridine rings is 1. The molecule has 7 rings (SSSR count). The number of ether oxygens (including phenoxy) is 2. The molecule has 0 bridgehead atoms. The summed E-state index contributed by atoms with van der Waals surface area (Å²) in [4.78, 5) is 16.1. The van der Waals surface area contributed by atoms with Gasteiger partial charge >= 0.3 is 6.01 Å². The van der Waals surface area contributed by atoms with Gasteiger partial charge in [0.2, 0.25) is 0 Å². The van der Waals surface area contributed by atoms with Crippen LogP contribution in [0.4, 0.5) is 14.6 Å². The molecule has 8 nitrogen and oxygen atoms in total. The van der Waals surface area contributed by atoms with Crippen LogP contribution in [0.25, 0.3) is 32.9 Å². The zero-order valence-electron chi connectivity index (χ0n) is 24.5. The third kappa shape index (κ3) is 5.04. The summed E-state index contributed by atoms with van der Waals surface area (Å²) in [5, 5.41) is 15.8. The van der Waals surface area contributed by atoms with Gasteiger partial charge in [0, 0.05) is 42.9 Å². The van der Waals surface area contributed by atoms with Gasteiger partial charge in [-0.15, -0.1) is 0 Å². The number of fused-ring (bicyclic) bond motifs is 3. The molecule has 4 heterocycles. The number of nitrogens with one attached hydrogen (secondary N) is 1. The summed E-state index contributed by atoms with van der Waals surface area (Å²) in [6.07, 6.45) is 8.33. The highest BCUT2D eigenvalue weighted by atomic mass is 19.1. The lowest BCUT2D eigenvalue weighted by Gasteiger charge is -2.39. The summed E-state index contributed by atoms with van der Waals surface area (Å²) in [5.74, 6) is -0.534. The number of hydrogen-bond acceptors (Lipinski definition) is 8. The molecule has 2 aliphatic heterocycles. The van der Waals surface area contributed by atoms with Crippen molar-refractivity contribution in [3.8, 4) is 23.0 Å². The number of anilines is 1. The highest BCUT2D eigenvalue weighted by Gasteiger charge is 2.45. The van der Waals surface area contributed by atoms with Gasteiger partial charge in [-0.3, -0.25) is 4.98 Å². The van der Waals surface area contributed by atoms with E-state index >= 15 is 4.39 Å². The Labute approximate surface area is 249 Å². The van der Waals surface area contributed by atoms with E-state index < -0.39 is 5.82 Å². The summed E-state index contributed by atoms with van der Waals surface area (Å²) < 4.78 is 43.7. The number of hydrogen-bond donors (Lipinski definition) is 2. The van der Waals surface area contributed by atoms with Gasteiger partial charge in [-0.1, -0.05) is 19.4 Å². The molecule has 0 radical (unpaired) electrons. The van der Waals surface area contributed by atoms with Gasteiger partial charge < -0.3 is 24.8 Å². The Morgan fingerprint density at radius 3 is 2.88 bits per heavy atom. The van der Waals surface area contributed by atoms with E-state index in [0.29, 0.717) is 78.5 Å². The fourth-order valence-electron chi connectivity index (χ4n) is 7.43. The molecule has 2 aromatic carbocycles. The van der Waals surface area contributed by atoms with Gasteiger partial charge in [0.05, 0.1) is 18.6 Å². The Balaban J connectivity index is 1.37. The Morgan fingerprint density at radius 2 is 2.00 bits per heavy atom. The minimum absolute atomic E-state index is 0.00516. The Morgan fingerprint density at radius 1 is 1.12 bits per heavy atom. The van der Waals surface area contributed by atoms with E-state index in [-0.39, 0.29) is 34.2 Å². The predicted molar refractivity (Wildman–Crippen MR) is 162 cm³/mol. The summed E-state index contributed by atoms with van der Waals surface area (Å²) >= 11 is 0. The lowest BCUT2D eigenvalue weighted by molar-refractivity contribution is 0.0798. The monoisotopic (exact) mass is 589 g/mol. The van der Waals surface area contributed by atoms with Crippen LogP contribution >= 0.6 is 0 Å². The molecule has 4 aromatic rings. The maximum atomic E-state index is 16.7. The topological polar surface area (TPSA) is 92.6 Å². The first-order chi connectivity index (χ1) is 21.0. The highest BCUT2D eigenvalue weighted by Crippen LogP contribution is 2.45. The van der Waals surface area contributed by atoms with Crippen molar-refractivity contribution in [3.05, 3.63) is 47.7 Å². The molecule has 2 aromatic heterocycles. The van der Waals surface area contributed by atoms with Crippen molar-refractivity contribution in [2.75, 3.05) is 44.4 Å². The zero-order valence-corrected chi connectivity index (χ0v) is 24.5. The van der Waals surface area contributed by atoms with Crippen molar-refractivity contribution < 1.29 is 23.4 Å². The molecule has 2 atom stereocenters. The second-order valence-electron chi connectivity index (χ2n) is 12.1. The van der Waals surface area contributed by atoms with Crippen LogP contribution in [0.1, 0.15) is 51.0 Å². The number of phenolic OH excluding ortho intramolecular Hbond substituents is 1. The summed E-state index contributed by atoms with van der Waals surface area (Å²) in [6, 6.07) is 6.51. The third-order valence-corrected chi connectivity index (χ3v) is 9.56. The smallest absolute Gasteiger partial charge is 0.319 e. The quantitative estimate of drug-likeness (QED) is 0.287. The maximum absolute atomic E-state index is 16.7. The second-order valence-corrected chi connectivity index (χ2v) is 12.1. The van der Waals surface area contributed by atoms with Crippen molar-refractivity contribution in [1.82, 2.24) is 20.3 Å². The lowest BCUT2D eigenvalue weighted by Crippen LogP contribution is -2.49. The first-order valence-corrected chi connectivity index (χ1v) is 15.5. The van der Waals surface area contributed by atoms with Crippen LogP contribution in [0.3, 0.4) is 0 Å². The molecule has 43 heavy (non-hydrogen) atoms.